The Morgan fingerprint density at radius 2 is 2.27 bits per heavy atom. The normalized spacial score (nSPS) is 10.7. The average Bonchev–Trinajstić information content (AvgIpc) is 2.34. The summed E-state index contributed by atoms with van der Waals surface area (Å²) in [4.78, 5) is 8.08. The van der Waals surface area contributed by atoms with Gasteiger partial charge in [0.25, 0.3) is 0 Å². The molecule has 0 aliphatic carbocycles. The van der Waals surface area contributed by atoms with Crippen LogP contribution in [0.5, 0.6) is 0 Å². The Morgan fingerprint density at radius 3 is 3.09 bits per heavy atom. The Bertz CT molecular complexity index is 396. The summed E-state index contributed by atoms with van der Waals surface area (Å²) in [6.45, 7) is 0. The van der Waals surface area contributed by atoms with Crippen molar-refractivity contribution in [2.45, 2.75) is 4.90 Å². The van der Waals surface area contributed by atoms with Crippen molar-refractivity contribution >= 4 is 46.3 Å². The van der Waals surface area contributed by atoms with Gasteiger partial charge in [0.05, 0.1) is 11.8 Å². The Kier molecular flexibility index (Phi) is 1.80. The lowest BCUT2D eigenvalue weighted by atomic mass is 10.3. The van der Waals surface area contributed by atoms with E-state index in [0.29, 0.717) is 0 Å². The third-order valence-electron chi connectivity index (χ3n) is 1.47. The predicted octanol–water partition coefficient (Wildman–Crippen LogP) is 2.46. The number of thiol groups is 1. The number of nitrogens with zero attached hydrogens (tertiary/aromatic N) is 1. The van der Waals surface area contributed by atoms with Gasteiger partial charge in [0.15, 0.2) is 0 Å². The van der Waals surface area contributed by atoms with Crippen LogP contribution in [0.1, 0.15) is 0 Å². The number of imidazole rings is 1. The summed E-state index contributed by atoms with van der Waals surface area (Å²) in [7, 11) is 0. The van der Waals surface area contributed by atoms with Crippen LogP contribution in [-0.2, 0) is 0 Å². The fourth-order valence-electron chi connectivity index (χ4n) is 0.997. The maximum Gasteiger partial charge on any atom is 0.102 e. The number of fused-ring (bicyclic) bond motifs is 1. The van der Waals surface area contributed by atoms with E-state index in [4.69, 9.17) is 0 Å². The number of H-pyrrole nitrogens is 1. The predicted molar refractivity (Wildman–Crippen MR) is 56.1 cm³/mol. The average molecular weight is 276 g/mol. The summed E-state index contributed by atoms with van der Waals surface area (Å²) in [6, 6.07) is 4.04. The SMILES string of the molecule is Sc1cc(I)cc2[nH]cnc12. The Hall–Kier alpha value is -0.230. The fourth-order valence-corrected chi connectivity index (χ4v) is 2.18. The third kappa shape index (κ3) is 1.24. The minimum atomic E-state index is 0.924. The van der Waals surface area contributed by atoms with Crippen LogP contribution in [-0.4, -0.2) is 9.97 Å². The van der Waals surface area contributed by atoms with E-state index in [0.717, 1.165) is 15.9 Å². The van der Waals surface area contributed by atoms with Crippen molar-refractivity contribution in [3.8, 4) is 0 Å². The van der Waals surface area contributed by atoms with E-state index in [-0.39, 0.29) is 0 Å². The van der Waals surface area contributed by atoms with E-state index in [2.05, 4.69) is 45.2 Å². The zero-order valence-electron chi connectivity index (χ0n) is 5.50. The molecule has 2 rings (SSSR count). The minimum absolute atomic E-state index is 0.924. The van der Waals surface area contributed by atoms with Crippen molar-refractivity contribution in [2.24, 2.45) is 0 Å². The summed E-state index contributed by atoms with van der Waals surface area (Å²) in [6.07, 6.45) is 1.68. The molecule has 2 aromatic rings. The number of hydrogen-bond donors (Lipinski definition) is 2. The lowest BCUT2D eigenvalue weighted by Crippen LogP contribution is -1.75. The number of halogens is 1. The largest absolute Gasteiger partial charge is 0.345 e. The Balaban J connectivity index is 2.91. The highest BCUT2D eigenvalue weighted by atomic mass is 127. The van der Waals surface area contributed by atoms with Crippen molar-refractivity contribution in [1.82, 2.24) is 9.97 Å². The maximum atomic E-state index is 4.30. The molecule has 0 aliphatic rings. The summed E-state index contributed by atoms with van der Waals surface area (Å²) < 4.78 is 1.17. The first kappa shape index (κ1) is 7.42. The molecular formula is C7H5IN2S. The highest BCUT2D eigenvalue weighted by molar-refractivity contribution is 14.1. The molecule has 0 saturated carbocycles. The first-order valence-corrected chi connectivity index (χ1v) is 4.61. The highest BCUT2D eigenvalue weighted by Gasteiger charge is 2.00. The van der Waals surface area contributed by atoms with Gasteiger partial charge >= 0.3 is 0 Å². The molecule has 0 atom stereocenters. The zero-order chi connectivity index (χ0) is 7.84. The van der Waals surface area contributed by atoms with Crippen LogP contribution in [0.25, 0.3) is 11.0 Å². The summed E-state index contributed by atoms with van der Waals surface area (Å²) in [5, 5.41) is 0. The van der Waals surface area contributed by atoms with Gasteiger partial charge in [-0.05, 0) is 34.7 Å². The first-order chi connectivity index (χ1) is 5.27. The van der Waals surface area contributed by atoms with Gasteiger partial charge in [-0.1, -0.05) is 0 Å². The van der Waals surface area contributed by atoms with E-state index in [1.807, 2.05) is 12.1 Å². The molecule has 1 N–H and O–H groups in total. The number of hydrogen-bond acceptors (Lipinski definition) is 2. The first-order valence-electron chi connectivity index (χ1n) is 3.09. The van der Waals surface area contributed by atoms with Gasteiger partial charge in [0, 0.05) is 8.47 Å². The van der Waals surface area contributed by atoms with Crippen LogP contribution in [0, 0.1) is 3.57 Å². The van der Waals surface area contributed by atoms with E-state index < -0.39 is 0 Å². The number of aromatic amines is 1. The quantitative estimate of drug-likeness (QED) is 0.561. The summed E-state index contributed by atoms with van der Waals surface area (Å²) in [5.41, 5.74) is 1.98. The van der Waals surface area contributed by atoms with Crippen LogP contribution in [0.3, 0.4) is 0 Å². The van der Waals surface area contributed by atoms with Gasteiger partial charge in [-0.15, -0.1) is 12.6 Å². The van der Waals surface area contributed by atoms with E-state index >= 15 is 0 Å². The molecule has 56 valence electrons. The number of rotatable bonds is 0. The van der Waals surface area contributed by atoms with E-state index in [9.17, 15) is 0 Å². The molecule has 1 aromatic carbocycles. The lowest BCUT2D eigenvalue weighted by molar-refractivity contribution is 1.33. The zero-order valence-corrected chi connectivity index (χ0v) is 8.56. The minimum Gasteiger partial charge on any atom is -0.345 e. The third-order valence-corrected chi connectivity index (χ3v) is 2.43. The second kappa shape index (κ2) is 2.67. The van der Waals surface area contributed by atoms with E-state index in [1.54, 1.807) is 6.33 Å². The molecule has 0 saturated heterocycles. The molecule has 11 heavy (non-hydrogen) atoms. The van der Waals surface area contributed by atoms with Gasteiger partial charge < -0.3 is 4.98 Å². The molecule has 1 aromatic heterocycles. The standard InChI is InChI=1S/C7H5IN2S/c8-4-1-5-7(6(11)2-4)10-3-9-5/h1-3,11H,(H,9,10). The van der Waals surface area contributed by atoms with Crippen LogP contribution < -0.4 is 0 Å². The van der Waals surface area contributed by atoms with Crippen LogP contribution in [0.4, 0.5) is 0 Å². The lowest BCUT2D eigenvalue weighted by Gasteiger charge is -1.94. The highest BCUT2D eigenvalue weighted by Crippen LogP contribution is 2.21. The van der Waals surface area contributed by atoms with Gasteiger partial charge in [-0.2, -0.15) is 0 Å². The van der Waals surface area contributed by atoms with Crippen molar-refractivity contribution in [1.29, 1.82) is 0 Å². The molecule has 0 aliphatic heterocycles. The second-order valence-corrected chi connectivity index (χ2v) is 3.95. The maximum absolute atomic E-state index is 4.30. The van der Waals surface area contributed by atoms with Crippen molar-refractivity contribution < 1.29 is 0 Å². The molecule has 4 heteroatoms. The molecule has 2 nitrogen and oxygen atoms in total. The number of benzene rings is 1. The number of aromatic nitrogens is 2. The van der Waals surface area contributed by atoms with Crippen LogP contribution in [0.2, 0.25) is 0 Å². The van der Waals surface area contributed by atoms with Gasteiger partial charge in [0.2, 0.25) is 0 Å². The van der Waals surface area contributed by atoms with Crippen LogP contribution in [0.15, 0.2) is 23.4 Å². The monoisotopic (exact) mass is 276 g/mol. The van der Waals surface area contributed by atoms with E-state index in [1.165, 1.54) is 3.57 Å². The topological polar surface area (TPSA) is 28.7 Å². The summed E-state index contributed by atoms with van der Waals surface area (Å²) >= 11 is 6.55. The molecule has 0 bridgehead atoms. The second-order valence-electron chi connectivity index (χ2n) is 2.22. The van der Waals surface area contributed by atoms with Crippen LogP contribution >= 0.6 is 35.2 Å². The van der Waals surface area contributed by atoms with Gasteiger partial charge in [-0.3, -0.25) is 0 Å². The van der Waals surface area contributed by atoms with Gasteiger partial charge in [-0.25, -0.2) is 4.98 Å². The number of nitrogens with one attached hydrogen (secondary N) is 1. The summed E-state index contributed by atoms with van der Waals surface area (Å²) in [5.74, 6) is 0. The Morgan fingerprint density at radius 1 is 1.45 bits per heavy atom. The molecule has 0 fully saturated rings. The smallest absolute Gasteiger partial charge is 0.102 e. The molecule has 0 unspecified atom stereocenters. The molecule has 0 amide bonds. The van der Waals surface area contributed by atoms with Crippen molar-refractivity contribution in [3.63, 3.8) is 0 Å². The Labute approximate surface area is 83.0 Å². The molecular weight excluding hydrogens is 271 g/mol. The van der Waals surface area contributed by atoms with Crippen molar-refractivity contribution in [3.05, 3.63) is 22.0 Å². The fraction of sp³-hybridized carbons (Fsp3) is 0. The molecule has 0 spiro atoms. The van der Waals surface area contributed by atoms with Gasteiger partial charge in [0.1, 0.15) is 5.52 Å². The van der Waals surface area contributed by atoms with Crippen molar-refractivity contribution in [2.75, 3.05) is 0 Å². The molecule has 0 radical (unpaired) electrons. The molecule has 1 heterocycles.